The number of nitrogens with zero attached hydrogens (tertiary/aromatic N) is 7. The van der Waals surface area contributed by atoms with E-state index in [0.29, 0.717) is 73.3 Å². The van der Waals surface area contributed by atoms with Crippen molar-refractivity contribution < 1.29 is 37.4 Å². The predicted molar refractivity (Wildman–Crippen MR) is 238 cm³/mol. The molecule has 9 rings (SSSR count). The van der Waals surface area contributed by atoms with E-state index >= 15 is 8.78 Å². The van der Waals surface area contributed by atoms with Crippen molar-refractivity contribution in [3.63, 3.8) is 0 Å². The van der Waals surface area contributed by atoms with Gasteiger partial charge in [-0.05, 0) is 76.3 Å². The molecule has 4 amide bonds. The second kappa shape index (κ2) is 18.2. The van der Waals surface area contributed by atoms with Crippen LogP contribution in [-0.2, 0) is 25.7 Å². The van der Waals surface area contributed by atoms with E-state index in [1.54, 1.807) is 21.7 Å². The van der Waals surface area contributed by atoms with E-state index in [4.69, 9.17) is 26.1 Å². The SMILES string of the molecule is CNC(=O)COc1cc2cc(Nc3nc(N4CCC(OC5CC(N6CCN(c7c(F)cc8c(c7F)CN([C@@H]7CCC(=O)NC7=O)C8=O)CC6)C5)CC4)ncc3Cl)ccc2n(C(C)C)c1=O. The van der Waals surface area contributed by atoms with Crippen LogP contribution in [0.5, 0.6) is 5.75 Å². The fourth-order valence-electron chi connectivity index (χ4n) is 9.60. The lowest BCUT2D eigenvalue weighted by Gasteiger charge is -2.47. The van der Waals surface area contributed by atoms with Crippen molar-refractivity contribution in [1.29, 1.82) is 0 Å². The van der Waals surface area contributed by atoms with Gasteiger partial charge < -0.3 is 39.4 Å². The predicted octanol–water partition coefficient (Wildman–Crippen LogP) is 4.27. The van der Waals surface area contributed by atoms with E-state index in [2.05, 4.69) is 30.7 Å². The number of likely N-dealkylation sites (N-methyl/N-ethyl adjacent to an activating group) is 1. The molecule has 4 fully saturated rings. The average molecular weight is 917 g/mol. The Balaban J connectivity index is 0.754. The smallest absolute Gasteiger partial charge is 0.293 e. The molecule has 6 heterocycles. The molecular weight excluding hydrogens is 866 g/mol. The Morgan fingerprint density at radius 3 is 2.43 bits per heavy atom. The Kier molecular flexibility index (Phi) is 12.4. The molecule has 344 valence electrons. The van der Waals surface area contributed by atoms with Crippen LogP contribution in [0.4, 0.5) is 31.9 Å². The molecule has 0 radical (unpaired) electrons. The summed E-state index contributed by atoms with van der Waals surface area (Å²) < 4.78 is 45.3. The third kappa shape index (κ3) is 8.80. The molecule has 1 atom stereocenters. The number of carbonyl (C=O) groups is 4. The number of halogens is 3. The van der Waals surface area contributed by atoms with Gasteiger partial charge in [0.05, 0.1) is 36.0 Å². The molecule has 20 heteroatoms. The largest absolute Gasteiger partial charge is 0.478 e. The number of nitrogens with one attached hydrogen (secondary N) is 3. The van der Waals surface area contributed by atoms with Crippen LogP contribution in [0.3, 0.4) is 0 Å². The molecule has 65 heavy (non-hydrogen) atoms. The Labute approximate surface area is 378 Å². The lowest BCUT2D eigenvalue weighted by Crippen LogP contribution is -2.56. The molecule has 1 saturated carbocycles. The van der Waals surface area contributed by atoms with Crippen molar-refractivity contribution in [2.24, 2.45) is 0 Å². The van der Waals surface area contributed by atoms with Crippen LogP contribution >= 0.6 is 11.6 Å². The molecular formula is C45H51ClF2N10O7. The van der Waals surface area contributed by atoms with Crippen molar-refractivity contribution >= 4 is 69.3 Å². The van der Waals surface area contributed by atoms with E-state index in [-0.39, 0.29) is 78.3 Å². The minimum Gasteiger partial charge on any atom is -0.478 e. The van der Waals surface area contributed by atoms with Crippen LogP contribution in [0.15, 0.2) is 41.3 Å². The minimum absolute atomic E-state index is 0.0732. The number of rotatable bonds is 12. The molecule has 0 unspecified atom stereocenters. The van der Waals surface area contributed by atoms with Gasteiger partial charge in [0, 0.05) is 81.5 Å². The van der Waals surface area contributed by atoms with Crippen LogP contribution in [-0.4, -0.2) is 125 Å². The van der Waals surface area contributed by atoms with Crippen LogP contribution in [0.2, 0.25) is 5.02 Å². The van der Waals surface area contributed by atoms with Gasteiger partial charge in [-0.2, -0.15) is 4.98 Å². The first-order valence-corrected chi connectivity index (χ1v) is 22.5. The highest BCUT2D eigenvalue weighted by Crippen LogP contribution is 2.38. The molecule has 2 aromatic carbocycles. The Morgan fingerprint density at radius 1 is 0.969 bits per heavy atom. The molecule has 1 aliphatic carbocycles. The number of benzene rings is 2. The first-order valence-electron chi connectivity index (χ1n) is 22.1. The van der Waals surface area contributed by atoms with Gasteiger partial charge in [0.2, 0.25) is 17.8 Å². The summed E-state index contributed by atoms with van der Waals surface area (Å²) in [6, 6.07) is 7.53. The van der Waals surface area contributed by atoms with Gasteiger partial charge in [-0.15, -0.1) is 0 Å². The van der Waals surface area contributed by atoms with E-state index in [0.717, 1.165) is 37.1 Å². The number of imide groups is 1. The zero-order valence-electron chi connectivity index (χ0n) is 36.4. The lowest BCUT2D eigenvalue weighted by molar-refractivity contribution is -0.137. The summed E-state index contributed by atoms with van der Waals surface area (Å²) in [5.41, 5.74) is 0.925. The Hall–Kier alpha value is -5.92. The van der Waals surface area contributed by atoms with Gasteiger partial charge in [-0.1, -0.05) is 11.6 Å². The van der Waals surface area contributed by atoms with E-state index in [1.807, 2.05) is 32.0 Å². The highest BCUT2D eigenvalue weighted by Gasteiger charge is 2.43. The number of ether oxygens (including phenoxy) is 2. The number of pyridine rings is 1. The molecule has 3 saturated heterocycles. The topological polar surface area (TPSA) is 184 Å². The fourth-order valence-corrected chi connectivity index (χ4v) is 9.74. The number of piperidine rings is 2. The first kappa shape index (κ1) is 44.3. The number of fused-ring (bicyclic) bond motifs is 2. The second-order valence-corrected chi connectivity index (χ2v) is 18.0. The third-order valence-corrected chi connectivity index (χ3v) is 13.5. The summed E-state index contributed by atoms with van der Waals surface area (Å²) in [6.45, 7) is 6.87. The zero-order chi connectivity index (χ0) is 45.7. The molecule has 0 bridgehead atoms. The van der Waals surface area contributed by atoms with E-state index in [9.17, 15) is 24.0 Å². The van der Waals surface area contributed by atoms with Crippen molar-refractivity contribution in [2.45, 2.75) is 89.3 Å². The molecule has 2 aromatic heterocycles. The number of piperazine rings is 1. The highest BCUT2D eigenvalue weighted by atomic mass is 35.5. The third-order valence-electron chi connectivity index (χ3n) is 13.2. The molecule has 4 aliphatic heterocycles. The standard InChI is InChI=1S/C45H51ClF2N10O7/c1-24(2)58-34-5-4-26(16-25(34)17-36(44(58)63)64-23-38(60)49-3)51-41-32(46)21-50-45(53-41)56-10-8-28(9-11-56)65-29-18-27(19-29)54-12-14-55(15-13-54)40-33(47)20-30-31(39(40)48)22-57(43(30)62)35-6-7-37(59)52-42(35)61/h4-5,16-17,20-21,24,27-29,35H,6-15,18-19,22-23H2,1-3H3,(H,49,60)(H,50,51,53)(H,52,59,61)/t27?,29?,35-/m1/s1. The minimum atomic E-state index is -0.909. The summed E-state index contributed by atoms with van der Waals surface area (Å²) in [5, 5.41) is 9.10. The number of carbonyl (C=O) groups excluding carboxylic acids is 4. The summed E-state index contributed by atoms with van der Waals surface area (Å²) in [5.74, 6) is -2.51. The van der Waals surface area contributed by atoms with Crippen LogP contribution in [0, 0.1) is 11.6 Å². The normalized spacial score (nSPS) is 21.7. The molecule has 4 aromatic rings. The summed E-state index contributed by atoms with van der Waals surface area (Å²) >= 11 is 6.58. The van der Waals surface area contributed by atoms with Crippen LogP contribution in [0.1, 0.15) is 74.3 Å². The fraction of sp³-hybridized carbons (Fsp3) is 0.489. The lowest BCUT2D eigenvalue weighted by atomic mass is 9.87. The van der Waals surface area contributed by atoms with E-state index < -0.39 is 35.4 Å². The van der Waals surface area contributed by atoms with Gasteiger partial charge in [0.15, 0.2) is 24.0 Å². The summed E-state index contributed by atoms with van der Waals surface area (Å²) in [6.07, 6.45) is 5.37. The van der Waals surface area contributed by atoms with Gasteiger partial charge in [0.25, 0.3) is 17.4 Å². The molecule has 3 N–H and O–H groups in total. The van der Waals surface area contributed by atoms with Crippen molar-refractivity contribution in [3.8, 4) is 5.75 Å². The number of hydrogen-bond acceptors (Lipinski definition) is 13. The van der Waals surface area contributed by atoms with Crippen molar-refractivity contribution in [1.82, 2.24) is 35.0 Å². The summed E-state index contributed by atoms with van der Waals surface area (Å²) in [7, 11) is 1.50. The van der Waals surface area contributed by atoms with Crippen molar-refractivity contribution in [2.75, 3.05) is 68.0 Å². The number of aromatic nitrogens is 3. The number of amides is 4. The Morgan fingerprint density at radius 2 is 1.72 bits per heavy atom. The van der Waals surface area contributed by atoms with Crippen LogP contribution in [0.25, 0.3) is 10.9 Å². The maximum atomic E-state index is 16.0. The zero-order valence-corrected chi connectivity index (χ0v) is 37.1. The monoisotopic (exact) mass is 916 g/mol. The highest BCUT2D eigenvalue weighted by molar-refractivity contribution is 6.33. The van der Waals surface area contributed by atoms with Gasteiger partial charge in [-0.3, -0.25) is 34.2 Å². The maximum absolute atomic E-state index is 16.0. The second-order valence-electron chi connectivity index (χ2n) is 17.5. The molecule has 0 spiro atoms. The Bertz CT molecular complexity index is 2610. The van der Waals surface area contributed by atoms with Gasteiger partial charge in [-0.25, -0.2) is 13.8 Å². The van der Waals surface area contributed by atoms with Crippen molar-refractivity contribution in [3.05, 3.63) is 74.7 Å². The molecule has 5 aliphatic rings. The average Bonchev–Trinajstić information content (AvgIpc) is 3.60. The number of anilines is 4. The van der Waals surface area contributed by atoms with Crippen LogP contribution < -0.4 is 36.0 Å². The molecule has 17 nitrogen and oxygen atoms in total. The summed E-state index contributed by atoms with van der Waals surface area (Å²) in [4.78, 5) is 79.0. The quantitative estimate of drug-likeness (QED) is 0.172. The first-order chi connectivity index (χ1) is 31.3. The van der Waals surface area contributed by atoms with E-state index in [1.165, 1.54) is 11.9 Å². The van der Waals surface area contributed by atoms with Gasteiger partial charge >= 0.3 is 0 Å². The maximum Gasteiger partial charge on any atom is 0.293 e. The van der Waals surface area contributed by atoms with Gasteiger partial charge in [0.1, 0.15) is 22.6 Å². The number of hydrogen-bond donors (Lipinski definition) is 3.